The number of hydrogen-bond acceptors (Lipinski definition) is 3. The van der Waals surface area contributed by atoms with Crippen LogP contribution < -0.4 is 15.8 Å². The summed E-state index contributed by atoms with van der Waals surface area (Å²) in [5.41, 5.74) is 6.56. The number of aliphatic imine (C=N–C) groups is 1. The quantitative estimate of drug-likeness (QED) is 0.670. The van der Waals surface area contributed by atoms with E-state index in [4.69, 9.17) is 5.73 Å². The molecule has 0 saturated carbocycles. The van der Waals surface area contributed by atoms with E-state index in [1.54, 1.807) is 30.1 Å². The van der Waals surface area contributed by atoms with Crippen LogP contribution in [0.3, 0.4) is 0 Å². The SMILES string of the molecule is Cn1nccc1CN=C(N)Nc1ccccc1OC(F)(F)F. The molecule has 0 aliphatic rings. The zero-order valence-corrected chi connectivity index (χ0v) is 11.6. The van der Waals surface area contributed by atoms with E-state index >= 15 is 0 Å². The van der Waals surface area contributed by atoms with Gasteiger partial charge in [-0.2, -0.15) is 5.10 Å². The molecule has 22 heavy (non-hydrogen) atoms. The maximum Gasteiger partial charge on any atom is 0.573 e. The van der Waals surface area contributed by atoms with E-state index in [-0.39, 0.29) is 23.9 Å². The molecule has 0 aliphatic heterocycles. The number of guanidine groups is 1. The summed E-state index contributed by atoms with van der Waals surface area (Å²) in [7, 11) is 1.75. The number of nitrogens with two attached hydrogens (primary N) is 1. The van der Waals surface area contributed by atoms with Gasteiger partial charge in [0.1, 0.15) is 0 Å². The molecule has 0 fully saturated rings. The standard InChI is InChI=1S/C13H14F3N5O/c1-21-9(6-7-19-21)8-18-12(17)20-10-4-2-3-5-11(10)22-13(14,15)16/h2-7H,8H2,1H3,(H3,17,18,20). The summed E-state index contributed by atoms with van der Waals surface area (Å²) in [4.78, 5) is 4.05. The first-order chi connectivity index (χ1) is 10.3. The van der Waals surface area contributed by atoms with E-state index in [1.807, 2.05) is 0 Å². The van der Waals surface area contributed by atoms with Crippen LogP contribution in [0.25, 0.3) is 0 Å². The van der Waals surface area contributed by atoms with Gasteiger partial charge >= 0.3 is 6.36 Å². The van der Waals surface area contributed by atoms with Gasteiger partial charge in [0.15, 0.2) is 11.7 Å². The second kappa shape index (κ2) is 6.37. The van der Waals surface area contributed by atoms with Crippen molar-refractivity contribution in [2.75, 3.05) is 5.32 Å². The van der Waals surface area contributed by atoms with Crippen molar-refractivity contribution in [2.24, 2.45) is 17.8 Å². The van der Waals surface area contributed by atoms with Crippen LogP contribution in [0.15, 0.2) is 41.5 Å². The summed E-state index contributed by atoms with van der Waals surface area (Å²) in [6.07, 6.45) is -3.17. The fraction of sp³-hybridized carbons (Fsp3) is 0.231. The van der Waals surface area contributed by atoms with Crippen LogP contribution in [0.2, 0.25) is 0 Å². The Balaban J connectivity index is 2.08. The molecule has 0 radical (unpaired) electrons. The number of ether oxygens (including phenoxy) is 1. The van der Waals surface area contributed by atoms with Crippen LogP contribution in [0.1, 0.15) is 5.69 Å². The van der Waals surface area contributed by atoms with Crippen molar-refractivity contribution in [3.05, 3.63) is 42.2 Å². The Hall–Kier alpha value is -2.71. The molecule has 3 N–H and O–H groups in total. The maximum atomic E-state index is 12.3. The van der Waals surface area contributed by atoms with Gasteiger partial charge in [-0.1, -0.05) is 12.1 Å². The van der Waals surface area contributed by atoms with Crippen LogP contribution in [0.5, 0.6) is 5.75 Å². The first-order valence-electron chi connectivity index (χ1n) is 6.24. The number of nitrogens with zero attached hydrogens (tertiary/aromatic N) is 3. The highest BCUT2D eigenvalue weighted by molar-refractivity contribution is 5.93. The fourth-order valence-corrected chi connectivity index (χ4v) is 1.68. The van der Waals surface area contributed by atoms with Gasteiger partial charge in [0.2, 0.25) is 0 Å². The van der Waals surface area contributed by atoms with Crippen molar-refractivity contribution < 1.29 is 17.9 Å². The van der Waals surface area contributed by atoms with Crippen LogP contribution in [0.4, 0.5) is 18.9 Å². The highest BCUT2D eigenvalue weighted by Crippen LogP contribution is 2.29. The van der Waals surface area contributed by atoms with E-state index in [0.29, 0.717) is 0 Å². The molecule has 0 bridgehead atoms. The molecule has 2 rings (SSSR count). The summed E-state index contributed by atoms with van der Waals surface area (Å²) in [5, 5.41) is 6.56. The molecular formula is C13H14F3N5O. The number of aryl methyl sites for hydroxylation is 1. The van der Waals surface area contributed by atoms with Crippen LogP contribution >= 0.6 is 0 Å². The molecule has 0 amide bonds. The molecule has 0 atom stereocenters. The van der Waals surface area contributed by atoms with E-state index < -0.39 is 6.36 Å². The summed E-state index contributed by atoms with van der Waals surface area (Å²) in [6, 6.07) is 7.34. The van der Waals surface area contributed by atoms with Crippen molar-refractivity contribution >= 4 is 11.6 Å². The third-order valence-electron chi connectivity index (χ3n) is 2.71. The average molecular weight is 313 g/mol. The van der Waals surface area contributed by atoms with E-state index in [0.717, 1.165) is 5.69 Å². The van der Waals surface area contributed by atoms with Gasteiger partial charge in [0, 0.05) is 13.2 Å². The number of aromatic nitrogens is 2. The summed E-state index contributed by atoms with van der Waals surface area (Å²) in [5.74, 6) is -0.409. The van der Waals surface area contributed by atoms with E-state index in [1.165, 1.54) is 18.2 Å². The molecule has 9 heteroatoms. The Morgan fingerprint density at radius 2 is 2.09 bits per heavy atom. The highest BCUT2D eigenvalue weighted by atomic mass is 19.4. The zero-order chi connectivity index (χ0) is 16.2. The Morgan fingerprint density at radius 1 is 1.36 bits per heavy atom. The maximum absolute atomic E-state index is 12.3. The summed E-state index contributed by atoms with van der Waals surface area (Å²) in [6.45, 7) is 0.248. The number of anilines is 1. The van der Waals surface area contributed by atoms with E-state index in [2.05, 4.69) is 20.1 Å². The molecule has 1 heterocycles. The zero-order valence-electron chi connectivity index (χ0n) is 11.6. The number of alkyl halides is 3. The number of halogens is 3. The first-order valence-corrected chi connectivity index (χ1v) is 6.24. The molecule has 2 aromatic rings. The summed E-state index contributed by atoms with van der Waals surface area (Å²) < 4.78 is 42.5. The molecule has 0 aliphatic carbocycles. The lowest BCUT2D eigenvalue weighted by Gasteiger charge is -2.14. The first kappa shape index (κ1) is 15.7. The Labute approximate surface area is 124 Å². The van der Waals surface area contributed by atoms with Crippen LogP contribution in [-0.2, 0) is 13.6 Å². The van der Waals surface area contributed by atoms with Crippen molar-refractivity contribution in [3.63, 3.8) is 0 Å². The molecular weight excluding hydrogens is 299 g/mol. The van der Waals surface area contributed by atoms with Crippen LogP contribution in [-0.4, -0.2) is 22.1 Å². The molecule has 6 nitrogen and oxygen atoms in total. The van der Waals surface area contributed by atoms with Gasteiger partial charge in [-0.3, -0.25) is 4.68 Å². The number of benzene rings is 1. The predicted molar refractivity (Wildman–Crippen MR) is 75.3 cm³/mol. The number of hydrogen-bond donors (Lipinski definition) is 2. The lowest BCUT2D eigenvalue weighted by Crippen LogP contribution is -2.24. The van der Waals surface area contributed by atoms with Gasteiger partial charge in [0.05, 0.1) is 17.9 Å². The lowest BCUT2D eigenvalue weighted by molar-refractivity contribution is -0.274. The monoisotopic (exact) mass is 313 g/mol. The predicted octanol–water partition coefficient (Wildman–Crippen LogP) is 2.25. The van der Waals surface area contributed by atoms with Crippen molar-refractivity contribution in [3.8, 4) is 5.75 Å². The molecule has 1 aromatic carbocycles. The molecule has 0 unspecified atom stereocenters. The van der Waals surface area contributed by atoms with Gasteiger partial charge < -0.3 is 15.8 Å². The van der Waals surface area contributed by atoms with Gasteiger partial charge in [-0.25, -0.2) is 4.99 Å². The Kier molecular flexibility index (Phi) is 4.54. The van der Waals surface area contributed by atoms with Crippen molar-refractivity contribution in [2.45, 2.75) is 12.9 Å². The Bertz CT molecular complexity index is 666. The second-order valence-electron chi connectivity index (χ2n) is 4.32. The molecule has 1 aromatic heterocycles. The second-order valence-corrected chi connectivity index (χ2v) is 4.32. The van der Waals surface area contributed by atoms with E-state index in [9.17, 15) is 13.2 Å². The fourth-order valence-electron chi connectivity index (χ4n) is 1.68. The molecule has 118 valence electrons. The third-order valence-corrected chi connectivity index (χ3v) is 2.71. The van der Waals surface area contributed by atoms with Crippen molar-refractivity contribution in [1.29, 1.82) is 0 Å². The number of para-hydroxylation sites is 2. The molecule has 0 spiro atoms. The normalized spacial score (nSPS) is 12.3. The third kappa shape index (κ3) is 4.40. The molecule has 0 saturated heterocycles. The Morgan fingerprint density at radius 3 is 2.73 bits per heavy atom. The largest absolute Gasteiger partial charge is 0.573 e. The summed E-state index contributed by atoms with van der Waals surface area (Å²) >= 11 is 0. The van der Waals surface area contributed by atoms with Gasteiger partial charge in [0.25, 0.3) is 0 Å². The minimum Gasteiger partial charge on any atom is -0.404 e. The smallest absolute Gasteiger partial charge is 0.404 e. The lowest BCUT2D eigenvalue weighted by atomic mass is 10.3. The average Bonchev–Trinajstić information content (AvgIpc) is 2.83. The number of rotatable bonds is 4. The minimum absolute atomic E-state index is 0.0283. The highest BCUT2D eigenvalue weighted by Gasteiger charge is 2.32. The number of nitrogens with one attached hydrogen (secondary N) is 1. The van der Waals surface area contributed by atoms with Gasteiger partial charge in [-0.15, -0.1) is 13.2 Å². The minimum atomic E-state index is -4.78. The topological polar surface area (TPSA) is 77.5 Å². The van der Waals surface area contributed by atoms with Crippen LogP contribution in [0, 0.1) is 0 Å². The van der Waals surface area contributed by atoms with Gasteiger partial charge in [-0.05, 0) is 18.2 Å². The van der Waals surface area contributed by atoms with Crippen molar-refractivity contribution in [1.82, 2.24) is 9.78 Å².